The Kier molecular flexibility index (Phi) is 2.48. The summed E-state index contributed by atoms with van der Waals surface area (Å²) < 4.78 is 4.86. The van der Waals surface area contributed by atoms with E-state index < -0.39 is 0 Å². The van der Waals surface area contributed by atoms with Gasteiger partial charge in [0.25, 0.3) is 0 Å². The fourth-order valence-electron chi connectivity index (χ4n) is 2.10. The lowest BCUT2D eigenvalue weighted by Gasteiger charge is -2.20. The molecule has 1 aromatic rings. The van der Waals surface area contributed by atoms with Crippen LogP contribution in [0, 0.1) is 0 Å². The highest BCUT2D eigenvalue weighted by atomic mass is 16.4. The minimum absolute atomic E-state index is 0.144. The Morgan fingerprint density at radius 3 is 2.69 bits per heavy atom. The van der Waals surface area contributed by atoms with Crippen LogP contribution in [0.15, 0.2) is 27.6 Å². The third-order valence-corrected chi connectivity index (χ3v) is 2.81. The van der Waals surface area contributed by atoms with Crippen molar-refractivity contribution >= 4 is 0 Å². The van der Waals surface area contributed by atoms with Crippen molar-refractivity contribution in [1.82, 2.24) is 0 Å². The highest BCUT2D eigenvalue weighted by Crippen LogP contribution is 2.30. The fourth-order valence-corrected chi connectivity index (χ4v) is 2.10. The van der Waals surface area contributed by atoms with E-state index in [0.29, 0.717) is 5.92 Å². The Hall–Kier alpha value is -1.05. The van der Waals surface area contributed by atoms with Gasteiger partial charge in [-0.05, 0) is 30.9 Å². The van der Waals surface area contributed by atoms with Gasteiger partial charge in [0, 0.05) is 5.56 Å². The van der Waals surface area contributed by atoms with Crippen molar-refractivity contribution in [3.05, 3.63) is 34.4 Å². The molecule has 2 rings (SSSR count). The zero-order valence-corrected chi connectivity index (χ0v) is 7.66. The van der Waals surface area contributed by atoms with Crippen LogP contribution in [0.25, 0.3) is 0 Å². The zero-order valence-electron chi connectivity index (χ0n) is 7.66. The second kappa shape index (κ2) is 3.77. The molecule has 1 aromatic heterocycles. The van der Waals surface area contributed by atoms with Crippen LogP contribution in [0.3, 0.4) is 0 Å². The van der Waals surface area contributed by atoms with Crippen LogP contribution in [0.4, 0.5) is 0 Å². The molecule has 1 heterocycles. The fraction of sp³-hybridized carbons (Fsp3) is 0.545. The average Bonchev–Trinajstić information content (AvgIpc) is 2.20. The van der Waals surface area contributed by atoms with Gasteiger partial charge in [-0.2, -0.15) is 0 Å². The number of rotatable bonds is 1. The van der Waals surface area contributed by atoms with Crippen LogP contribution in [-0.4, -0.2) is 0 Å². The molecule has 0 N–H and O–H groups in total. The van der Waals surface area contributed by atoms with E-state index in [0.717, 1.165) is 18.4 Å². The maximum absolute atomic E-state index is 11.4. The van der Waals surface area contributed by atoms with Gasteiger partial charge in [0.2, 0.25) is 0 Å². The van der Waals surface area contributed by atoms with E-state index in [4.69, 9.17) is 4.42 Å². The first-order valence-corrected chi connectivity index (χ1v) is 4.95. The molecule has 0 aliphatic heterocycles. The molecule has 1 fully saturated rings. The normalized spacial score (nSPS) is 18.8. The molecule has 0 aromatic carbocycles. The van der Waals surface area contributed by atoms with Gasteiger partial charge in [0.15, 0.2) is 0 Å². The molecule has 0 amide bonds. The van der Waals surface area contributed by atoms with Gasteiger partial charge in [-0.3, -0.25) is 0 Å². The molecule has 2 nitrogen and oxygen atoms in total. The molecular weight excluding hydrogens is 164 g/mol. The lowest BCUT2D eigenvalue weighted by molar-refractivity contribution is 0.420. The minimum Gasteiger partial charge on any atom is -0.431 e. The summed E-state index contributed by atoms with van der Waals surface area (Å²) in [6.45, 7) is 0. The highest BCUT2D eigenvalue weighted by molar-refractivity contribution is 5.13. The summed E-state index contributed by atoms with van der Waals surface area (Å²) in [4.78, 5) is 11.4. The third kappa shape index (κ3) is 1.82. The predicted molar refractivity (Wildman–Crippen MR) is 50.8 cm³/mol. The van der Waals surface area contributed by atoms with Crippen LogP contribution in [0.2, 0.25) is 0 Å². The highest BCUT2D eigenvalue weighted by Gasteiger charge is 2.18. The van der Waals surface area contributed by atoms with Crippen LogP contribution >= 0.6 is 0 Å². The van der Waals surface area contributed by atoms with Crippen molar-refractivity contribution in [2.75, 3.05) is 0 Å². The summed E-state index contributed by atoms with van der Waals surface area (Å²) in [6, 6.07) is 3.72. The first kappa shape index (κ1) is 8.54. The first-order chi connectivity index (χ1) is 6.38. The monoisotopic (exact) mass is 178 g/mol. The molecule has 70 valence electrons. The standard InChI is InChI=1S/C11H14O2/c12-11-10(7-4-8-13-11)9-5-2-1-3-6-9/h4,7-9H,1-3,5-6H2. The summed E-state index contributed by atoms with van der Waals surface area (Å²) in [7, 11) is 0. The average molecular weight is 178 g/mol. The molecular formula is C11H14O2. The predicted octanol–water partition coefficient (Wildman–Crippen LogP) is 2.69. The lowest BCUT2D eigenvalue weighted by Crippen LogP contribution is -2.14. The third-order valence-electron chi connectivity index (χ3n) is 2.81. The molecule has 2 heteroatoms. The van der Waals surface area contributed by atoms with Crippen LogP contribution in [0.5, 0.6) is 0 Å². The Bertz CT molecular complexity index is 321. The Labute approximate surface area is 77.6 Å². The van der Waals surface area contributed by atoms with Crippen LogP contribution in [0.1, 0.15) is 43.6 Å². The van der Waals surface area contributed by atoms with Crippen molar-refractivity contribution in [1.29, 1.82) is 0 Å². The van der Waals surface area contributed by atoms with E-state index in [9.17, 15) is 4.79 Å². The Morgan fingerprint density at radius 1 is 1.23 bits per heavy atom. The van der Waals surface area contributed by atoms with Gasteiger partial charge in [0.05, 0.1) is 6.26 Å². The van der Waals surface area contributed by atoms with Crippen molar-refractivity contribution in [3.63, 3.8) is 0 Å². The van der Waals surface area contributed by atoms with Crippen molar-refractivity contribution in [3.8, 4) is 0 Å². The second-order valence-electron chi connectivity index (χ2n) is 3.69. The molecule has 1 aliphatic carbocycles. The molecule has 1 saturated carbocycles. The van der Waals surface area contributed by atoms with Crippen LogP contribution in [-0.2, 0) is 0 Å². The summed E-state index contributed by atoms with van der Waals surface area (Å²) >= 11 is 0. The SMILES string of the molecule is O=c1occcc1C1CCCCC1. The van der Waals surface area contributed by atoms with Gasteiger partial charge in [0.1, 0.15) is 0 Å². The van der Waals surface area contributed by atoms with Gasteiger partial charge in [-0.25, -0.2) is 4.79 Å². The van der Waals surface area contributed by atoms with E-state index in [2.05, 4.69) is 0 Å². The summed E-state index contributed by atoms with van der Waals surface area (Å²) in [5.41, 5.74) is 0.733. The van der Waals surface area contributed by atoms with Gasteiger partial charge in [-0.15, -0.1) is 0 Å². The molecule has 0 radical (unpaired) electrons. The Morgan fingerprint density at radius 2 is 2.00 bits per heavy atom. The Balaban J connectivity index is 2.24. The van der Waals surface area contributed by atoms with Gasteiger partial charge < -0.3 is 4.42 Å². The van der Waals surface area contributed by atoms with E-state index in [-0.39, 0.29) is 5.63 Å². The molecule has 0 bridgehead atoms. The van der Waals surface area contributed by atoms with Gasteiger partial charge in [-0.1, -0.05) is 19.3 Å². The largest absolute Gasteiger partial charge is 0.431 e. The van der Waals surface area contributed by atoms with Gasteiger partial charge >= 0.3 is 5.63 Å². The molecule has 1 aliphatic rings. The molecule has 0 saturated heterocycles. The summed E-state index contributed by atoms with van der Waals surface area (Å²) in [6.07, 6.45) is 7.56. The first-order valence-electron chi connectivity index (χ1n) is 4.95. The van der Waals surface area contributed by atoms with Crippen LogP contribution < -0.4 is 5.63 Å². The maximum atomic E-state index is 11.4. The zero-order chi connectivity index (χ0) is 9.10. The van der Waals surface area contributed by atoms with E-state index >= 15 is 0 Å². The van der Waals surface area contributed by atoms with Crippen molar-refractivity contribution < 1.29 is 4.42 Å². The molecule has 0 unspecified atom stereocenters. The van der Waals surface area contributed by atoms with Crippen molar-refractivity contribution in [2.45, 2.75) is 38.0 Å². The smallest absolute Gasteiger partial charge is 0.339 e. The molecule has 0 atom stereocenters. The van der Waals surface area contributed by atoms with E-state index in [1.807, 2.05) is 12.1 Å². The summed E-state index contributed by atoms with van der Waals surface area (Å²) in [5.74, 6) is 0.450. The molecule has 0 spiro atoms. The van der Waals surface area contributed by atoms with E-state index in [1.54, 1.807) is 0 Å². The van der Waals surface area contributed by atoms with E-state index in [1.165, 1.54) is 25.5 Å². The molecule has 13 heavy (non-hydrogen) atoms. The quantitative estimate of drug-likeness (QED) is 0.661. The lowest BCUT2D eigenvalue weighted by atomic mass is 9.85. The maximum Gasteiger partial charge on any atom is 0.339 e. The second-order valence-corrected chi connectivity index (χ2v) is 3.69. The number of hydrogen-bond donors (Lipinski definition) is 0. The minimum atomic E-state index is -0.144. The van der Waals surface area contributed by atoms with Crippen molar-refractivity contribution in [2.24, 2.45) is 0 Å². The summed E-state index contributed by atoms with van der Waals surface area (Å²) in [5, 5.41) is 0. The number of hydrogen-bond acceptors (Lipinski definition) is 2. The topological polar surface area (TPSA) is 30.2 Å².